The molecular formula is C10H13ClN4O. The molecule has 1 atom stereocenters. The summed E-state index contributed by atoms with van der Waals surface area (Å²) in [6.45, 7) is 4.02. The molecule has 0 bridgehead atoms. The Labute approximate surface area is 99.0 Å². The Bertz CT molecular complexity index is 423. The molecule has 16 heavy (non-hydrogen) atoms. The number of carbonyl (C=O) groups is 1. The molecule has 2 rings (SSSR count). The van der Waals surface area contributed by atoms with Gasteiger partial charge < -0.3 is 9.80 Å². The highest BCUT2D eigenvalue weighted by Gasteiger charge is 2.36. The van der Waals surface area contributed by atoms with Crippen molar-refractivity contribution in [3.8, 4) is 0 Å². The number of aldehydes is 1. The van der Waals surface area contributed by atoms with Crippen LogP contribution in [0, 0.1) is 0 Å². The van der Waals surface area contributed by atoms with Crippen LogP contribution in [0.5, 0.6) is 0 Å². The van der Waals surface area contributed by atoms with Gasteiger partial charge >= 0.3 is 0 Å². The zero-order chi connectivity index (χ0) is 11.9. The first-order valence-electron chi connectivity index (χ1n) is 5.05. The fraction of sp³-hybridized carbons (Fsp3) is 0.500. The van der Waals surface area contributed by atoms with Crippen LogP contribution in [0.15, 0.2) is 6.20 Å². The Morgan fingerprint density at radius 1 is 1.56 bits per heavy atom. The van der Waals surface area contributed by atoms with Crippen molar-refractivity contribution in [3.05, 3.63) is 11.5 Å². The summed E-state index contributed by atoms with van der Waals surface area (Å²) in [5.74, 6) is 0.717. The Kier molecular flexibility index (Phi) is 2.71. The quantitative estimate of drug-likeness (QED) is 0.577. The van der Waals surface area contributed by atoms with Crippen LogP contribution in [0.1, 0.15) is 13.8 Å². The minimum Gasteiger partial charge on any atom is -0.344 e. The number of halogens is 1. The molecule has 1 aliphatic rings. The van der Waals surface area contributed by atoms with E-state index in [4.69, 9.17) is 11.6 Å². The van der Waals surface area contributed by atoms with Crippen molar-refractivity contribution in [2.45, 2.75) is 26.1 Å². The van der Waals surface area contributed by atoms with E-state index in [-0.39, 0.29) is 17.5 Å². The third-order valence-corrected chi connectivity index (χ3v) is 2.89. The van der Waals surface area contributed by atoms with Gasteiger partial charge in [-0.25, -0.2) is 4.98 Å². The van der Waals surface area contributed by atoms with E-state index in [2.05, 4.69) is 9.97 Å². The maximum absolute atomic E-state index is 11.1. The van der Waals surface area contributed by atoms with Gasteiger partial charge in [0.15, 0.2) is 18.3 Å². The molecule has 1 aliphatic heterocycles. The summed E-state index contributed by atoms with van der Waals surface area (Å²) in [6, 6.07) is 0.171. The van der Waals surface area contributed by atoms with Crippen LogP contribution in [-0.4, -0.2) is 35.5 Å². The van der Waals surface area contributed by atoms with Crippen molar-refractivity contribution in [1.82, 2.24) is 9.97 Å². The van der Waals surface area contributed by atoms with Gasteiger partial charge in [-0.15, -0.1) is 0 Å². The fourth-order valence-electron chi connectivity index (χ4n) is 1.95. The molecule has 0 amide bonds. The first-order valence-corrected chi connectivity index (χ1v) is 5.43. The van der Waals surface area contributed by atoms with Crippen LogP contribution < -0.4 is 9.80 Å². The molecule has 5 nitrogen and oxygen atoms in total. The number of likely N-dealkylation sites (N-methyl/N-ethyl adjacent to an activating group) is 1. The van der Waals surface area contributed by atoms with E-state index >= 15 is 0 Å². The van der Waals surface area contributed by atoms with E-state index in [1.807, 2.05) is 30.7 Å². The summed E-state index contributed by atoms with van der Waals surface area (Å²) >= 11 is 5.78. The number of fused-ring (bicyclic) bond motifs is 1. The maximum atomic E-state index is 11.1. The smallest absolute Gasteiger partial charge is 0.224 e. The number of nitrogens with zero attached hydrogens (tertiary/aromatic N) is 4. The highest BCUT2D eigenvalue weighted by Crippen LogP contribution is 2.37. The molecule has 0 aliphatic carbocycles. The van der Waals surface area contributed by atoms with Crippen molar-refractivity contribution >= 4 is 29.4 Å². The van der Waals surface area contributed by atoms with Gasteiger partial charge in [0.1, 0.15) is 5.69 Å². The number of hydrogen-bond donors (Lipinski definition) is 0. The standard InChI is InChI=1S/C10H13ClN4O/c1-6(2)15-8(5-16)14(3)7-4-12-10(11)13-9(7)15/h4-6,8H,1-3H3. The lowest BCUT2D eigenvalue weighted by Gasteiger charge is -2.28. The van der Waals surface area contributed by atoms with Crippen LogP contribution >= 0.6 is 11.6 Å². The van der Waals surface area contributed by atoms with Gasteiger partial charge in [0, 0.05) is 13.1 Å². The fourth-order valence-corrected chi connectivity index (χ4v) is 2.07. The van der Waals surface area contributed by atoms with E-state index in [1.165, 1.54) is 0 Å². The lowest BCUT2D eigenvalue weighted by Crippen LogP contribution is -2.46. The molecule has 1 unspecified atom stereocenters. The topological polar surface area (TPSA) is 49.3 Å². The van der Waals surface area contributed by atoms with Crippen molar-refractivity contribution in [1.29, 1.82) is 0 Å². The van der Waals surface area contributed by atoms with Crippen LogP contribution in [0.4, 0.5) is 11.5 Å². The normalized spacial score (nSPS) is 19.2. The monoisotopic (exact) mass is 240 g/mol. The van der Waals surface area contributed by atoms with Crippen LogP contribution in [0.3, 0.4) is 0 Å². The lowest BCUT2D eigenvalue weighted by molar-refractivity contribution is -0.108. The summed E-state index contributed by atoms with van der Waals surface area (Å²) in [6.07, 6.45) is 2.21. The zero-order valence-electron chi connectivity index (χ0n) is 9.38. The van der Waals surface area contributed by atoms with Gasteiger partial charge in [0.25, 0.3) is 0 Å². The van der Waals surface area contributed by atoms with Crippen molar-refractivity contribution in [3.63, 3.8) is 0 Å². The van der Waals surface area contributed by atoms with E-state index in [0.717, 1.165) is 17.8 Å². The predicted molar refractivity (Wildman–Crippen MR) is 62.9 cm³/mol. The second kappa shape index (κ2) is 3.90. The average Bonchev–Trinajstić information content (AvgIpc) is 2.50. The van der Waals surface area contributed by atoms with E-state index in [9.17, 15) is 4.79 Å². The summed E-state index contributed by atoms with van der Waals surface area (Å²) < 4.78 is 0. The van der Waals surface area contributed by atoms with Crippen LogP contribution in [0.2, 0.25) is 5.28 Å². The molecule has 0 fully saturated rings. The summed E-state index contributed by atoms with van der Waals surface area (Å²) in [4.78, 5) is 23.0. The van der Waals surface area contributed by atoms with E-state index in [1.54, 1.807) is 6.20 Å². The van der Waals surface area contributed by atoms with Gasteiger partial charge in [0.2, 0.25) is 5.28 Å². The first kappa shape index (κ1) is 11.1. The summed E-state index contributed by atoms with van der Waals surface area (Å²) in [5, 5.41) is 0.198. The van der Waals surface area contributed by atoms with Crippen molar-refractivity contribution < 1.29 is 4.79 Å². The second-order valence-corrected chi connectivity index (χ2v) is 4.35. The predicted octanol–water partition coefficient (Wildman–Crippen LogP) is 1.32. The van der Waals surface area contributed by atoms with Crippen LogP contribution in [0.25, 0.3) is 0 Å². The molecule has 6 heteroatoms. The largest absolute Gasteiger partial charge is 0.344 e. The molecule has 2 heterocycles. The van der Waals surface area contributed by atoms with E-state index in [0.29, 0.717) is 0 Å². The molecule has 86 valence electrons. The Balaban J connectivity index is 2.54. The summed E-state index contributed by atoms with van der Waals surface area (Å²) in [7, 11) is 1.84. The van der Waals surface area contributed by atoms with Gasteiger partial charge in [-0.3, -0.25) is 4.79 Å². The molecule has 0 radical (unpaired) electrons. The number of anilines is 2. The molecule has 0 spiro atoms. The SMILES string of the molecule is CC(C)N1c2nc(Cl)ncc2N(C)C1C=O. The molecular weight excluding hydrogens is 228 g/mol. The minimum absolute atomic E-state index is 0.171. The van der Waals surface area contributed by atoms with Gasteiger partial charge in [-0.2, -0.15) is 4.98 Å². The highest BCUT2D eigenvalue weighted by molar-refractivity contribution is 6.28. The molecule has 0 saturated heterocycles. The molecule has 0 saturated carbocycles. The number of rotatable bonds is 2. The number of aromatic nitrogens is 2. The number of carbonyl (C=O) groups excluding carboxylic acids is 1. The maximum Gasteiger partial charge on any atom is 0.224 e. The summed E-state index contributed by atoms with van der Waals surface area (Å²) in [5.41, 5.74) is 0.829. The van der Waals surface area contributed by atoms with Crippen LogP contribution in [-0.2, 0) is 4.79 Å². The minimum atomic E-state index is -0.331. The molecule has 1 aromatic rings. The third-order valence-electron chi connectivity index (χ3n) is 2.71. The Hall–Kier alpha value is -1.36. The van der Waals surface area contributed by atoms with Gasteiger partial charge in [0.05, 0.1) is 6.20 Å². The Morgan fingerprint density at radius 2 is 2.25 bits per heavy atom. The molecule has 0 aromatic carbocycles. The first-order chi connectivity index (χ1) is 7.56. The highest BCUT2D eigenvalue weighted by atomic mass is 35.5. The lowest BCUT2D eigenvalue weighted by atomic mass is 10.3. The number of hydrogen-bond acceptors (Lipinski definition) is 5. The van der Waals surface area contributed by atoms with Crippen molar-refractivity contribution in [2.24, 2.45) is 0 Å². The van der Waals surface area contributed by atoms with E-state index < -0.39 is 0 Å². The van der Waals surface area contributed by atoms with Gasteiger partial charge in [-0.05, 0) is 25.4 Å². The molecule has 0 N–H and O–H groups in total. The third kappa shape index (κ3) is 1.51. The Morgan fingerprint density at radius 3 is 2.81 bits per heavy atom. The second-order valence-electron chi connectivity index (χ2n) is 4.01. The van der Waals surface area contributed by atoms with Crippen molar-refractivity contribution in [2.75, 3.05) is 16.8 Å². The van der Waals surface area contributed by atoms with Gasteiger partial charge in [-0.1, -0.05) is 0 Å². The zero-order valence-corrected chi connectivity index (χ0v) is 10.1. The average molecular weight is 241 g/mol. The molecule has 1 aromatic heterocycles.